The molecule has 0 spiro atoms. The molecule has 0 saturated heterocycles. The fourth-order valence-corrected chi connectivity index (χ4v) is 2.51. The van der Waals surface area contributed by atoms with Gasteiger partial charge in [-0.15, -0.1) is 0 Å². The molecule has 1 saturated carbocycles. The Morgan fingerprint density at radius 2 is 2.33 bits per heavy atom. The zero-order valence-corrected chi connectivity index (χ0v) is 12.4. The molecule has 1 aromatic carbocycles. The number of carbonyl (C=O) groups excluding carboxylic acids is 1. The summed E-state index contributed by atoms with van der Waals surface area (Å²) in [6.45, 7) is 2.74. The highest BCUT2D eigenvalue weighted by Gasteiger charge is 2.29. The fourth-order valence-electron chi connectivity index (χ4n) is 2.51. The van der Waals surface area contributed by atoms with Gasteiger partial charge in [-0.1, -0.05) is 0 Å². The maximum Gasteiger partial charge on any atom is 0.272 e. The summed E-state index contributed by atoms with van der Waals surface area (Å²) in [7, 11) is 2.11. The zero-order chi connectivity index (χ0) is 15.0. The first kappa shape index (κ1) is 13.9. The Morgan fingerprint density at radius 1 is 1.57 bits per heavy atom. The van der Waals surface area contributed by atoms with Crippen molar-refractivity contribution in [2.45, 2.75) is 31.8 Å². The topological polar surface area (TPSA) is 87.0 Å². The maximum atomic E-state index is 12.3. The molecule has 1 amide bonds. The SMILES string of the molecule is CC(CNC(=O)c1n[nH]c2ccc(N)cc12)N(C)C1CC1. The van der Waals surface area contributed by atoms with Crippen LogP contribution in [-0.2, 0) is 0 Å². The van der Waals surface area contributed by atoms with Gasteiger partial charge in [-0.25, -0.2) is 0 Å². The van der Waals surface area contributed by atoms with Gasteiger partial charge in [0, 0.05) is 29.7 Å². The van der Waals surface area contributed by atoms with E-state index in [1.807, 2.05) is 6.07 Å². The van der Waals surface area contributed by atoms with Crippen LogP contribution in [0.4, 0.5) is 5.69 Å². The number of nitrogens with one attached hydrogen (secondary N) is 2. The quantitative estimate of drug-likeness (QED) is 0.725. The molecule has 21 heavy (non-hydrogen) atoms. The maximum absolute atomic E-state index is 12.3. The van der Waals surface area contributed by atoms with E-state index in [1.54, 1.807) is 12.1 Å². The molecule has 6 nitrogen and oxygen atoms in total. The summed E-state index contributed by atoms with van der Waals surface area (Å²) in [5.41, 5.74) is 7.62. The van der Waals surface area contributed by atoms with Crippen LogP contribution in [0, 0.1) is 0 Å². The van der Waals surface area contributed by atoms with Crippen LogP contribution in [0.25, 0.3) is 10.9 Å². The van der Waals surface area contributed by atoms with Gasteiger partial charge in [0.15, 0.2) is 5.69 Å². The molecule has 112 valence electrons. The molecule has 0 aliphatic heterocycles. The van der Waals surface area contributed by atoms with Crippen molar-refractivity contribution in [1.82, 2.24) is 20.4 Å². The number of hydrogen-bond acceptors (Lipinski definition) is 4. The molecule has 4 N–H and O–H groups in total. The predicted molar refractivity (Wildman–Crippen MR) is 83.1 cm³/mol. The highest BCUT2D eigenvalue weighted by atomic mass is 16.1. The summed E-state index contributed by atoms with van der Waals surface area (Å²) in [4.78, 5) is 14.6. The summed E-state index contributed by atoms with van der Waals surface area (Å²) in [5.74, 6) is -0.164. The van der Waals surface area contributed by atoms with E-state index in [0.29, 0.717) is 30.0 Å². The van der Waals surface area contributed by atoms with Gasteiger partial charge in [-0.2, -0.15) is 5.10 Å². The molecule has 0 bridgehead atoms. The smallest absolute Gasteiger partial charge is 0.272 e. The molecular formula is C15H21N5O. The Balaban J connectivity index is 1.67. The number of benzene rings is 1. The van der Waals surface area contributed by atoms with Gasteiger partial charge in [0.25, 0.3) is 5.91 Å². The lowest BCUT2D eigenvalue weighted by molar-refractivity contribution is 0.0936. The number of amides is 1. The van der Waals surface area contributed by atoms with Gasteiger partial charge in [0.05, 0.1) is 5.52 Å². The van der Waals surface area contributed by atoms with Crippen LogP contribution in [0.5, 0.6) is 0 Å². The van der Waals surface area contributed by atoms with Crippen LogP contribution < -0.4 is 11.1 Å². The second-order valence-corrected chi connectivity index (χ2v) is 5.83. The standard InChI is InChI=1S/C15H21N5O/c1-9(20(2)11-4-5-11)8-17-15(21)14-12-7-10(16)3-6-13(12)18-19-14/h3,6-7,9,11H,4-5,8,16H2,1-2H3,(H,17,21)(H,18,19). The number of aromatic amines is 1. The van der Waals surface area contributed by atoms with Crippen molar-refractivity contribution < 1.29 is 4.79 Å². The van der Waals surface area contributed by atoms with E-state index in [1.165, 1.54) is 12.8 Å². The first-order valence-electron chi connectivity index (χ1n) is 7.30. The molecule has 6 heteroatoms. The van der Waals surface area contributed by atoms with E-state index in [0.717, 1.165) is 10.9 Å². The molecule has 1 heterocycles. The third-order valence-electron chi connectivity index (χ3n) is 4.18. The second-order valence-electron chi connectivity index (χ2n) is 5.83. The van der Waals surface area contributed by atoms with Crippen LogP contribution in [0.3, 0.4) is 0 Å². The van der Waals surface area contributed by atoms with Gasteiger partial charge < -0.3 is 11.1 Å². The van der Waals surface area contributed by atoms with Crippen molar-refractivity contribution in [1.29, 1.82) is 0 Å². The van der Waals surface area contributed by atoms with E-state index in [4.69, 9.17) is 5.73 Å². The molecule has 1 aromatic heterocycles. The van der Waals surface area contributed by atoms with Gasteiger partial charge in [0.1, 0.15) is 0 Å². The summed E-state index contributed by atoms with van der Waals surface area (Å²) in [6, 6.07) is 6.39. The number of nitrogen functional groups attached to an aromatic ring is 1. The molecule has 2 aromatic rings. The summed E-state index contributed by atoms with van der Waals surface area (Å²) in [5, 5.41) is 10.7. The first-order valence-corrected chi connectivity index (χ1v) is 7.30. The normalized spacial score (nSPS) is 16.3. The van der Waals surface area contributed by atoms with Gasteiger partial charge in [-0.3, -0.25) is 14.8 Å². The first-order chi connectivity index (χ1) is 10.1. The lowest BCUT2D eigenvalue weighted by atomic mass is 10.2. The number of rotatable bonds is 5. The van der Waals surface area contributed by atoms with Crippen LogP contribution in [0.15, 0.2) is 18.2 Å². The number of fused-ring (bicyclic) bond motifs is 1. The minimum absolute atomic E-state index is 0.164. The highest BCUT2D eigenvalue weighted by Crippen LogP contribution is 2.26. The van der Waals surface area contributed by atoms with E-state index < -0.39 is 0 Å². The molecular weight excluding hydrogens is 266 g/mol. The Labute approximate surface area is 123 Å². The number of nitrogens with zero attached hydrogens (tertiary/aromatic N) is 2. The zero-order valence-electron chi connectivity index (χ0n) is 12.4. The van der Waals surface area contributed by atoms with E-state index in [9.17, 15) is 4.79 Å². The number of anilines is 1. The van der Waals surface area contributed by atoms with Crippen LogP contribution in [0.2, 0.25) is 0 Å². The monoisotopic (exact) mass is 287 g/mol. The second kappa shape index (κ2) is 5.37. The van der Waals surface area contributed by atoms with Crippen molar-refractivity contribution in [2.75, 3.05) is 19.3 Å². The molecule has 3 rings (SSSR count). The fraction of sp³-hybridized carbons (Fsp3) is 0.467. The molecule has 1 atom stereocenters. The minimum Gasteiger partial charge on any atom is -0.399 e. The lowest BCUT2D eigenvalue weighted by Gasteiger charge is -2.24. The van der Waals surface area contributed by atoms with Crippen molar-refractivity contribution in [2.24, 2.45) is 0 Å². The Kier molecular flexibility index (Phi) is 3.55. The molecule has 1 aliphatic rings. The summed E-state index contributed by atoms with van der Waals surface area (Å²) < 4.78 is 0. The lowest BCUT2D eigenvalue weighted by Crippen LogP contribution is -2.41. The number of nitrogens with two attached hydrogens (primary N) is 1. The van der Waals surface area contributed by atoms with Crippen molar-refractivity contribution in [3.05, 3.63) is 23.9 Å². The molecule has 0 radical (unpaired) electrons. The molecule has 1 aliphatic carbocycles. The summed E-state index contributed by atoms with van der Waals surface area (Å²) >= 11 is 0. The van der Waals surface area contributed by atoms with E-state index >= 15 is 0 Å². The number of hydrogen-bond donors (Lipinski definition) is 3. The van der Waals surface area contributed by atoms with E-state index in [2.05, 4.69) is 34.4 Å². The number of aromatic nitrogens is 2. The van der Waals surface area contributed by atoms with Crippen molar-refractivity contribution in [3.63, 3.8) is 0 Å². The minimum atomic E-state index is -0.164. The van der Waals surface area contributed by atoms with Crippen LogP contribution >= 0.6 is 0 Å². The number of likely N-dealkylation sites (N-methyl/N-ethyl adjacent to an activating group) is 1. The average molecular weight is 287 g/mol. The molecule has 1 fully saturated rings. The van der Waals surface area contributed by atoms with Crippen molar-refractivity contribution >= 4 is 22.5 Å². The number of H-pyrrole nitrogens is 1. The third-order valence-corrected chi connectivity index (χ3v) is 4.18. The molecule has 1 unspecified atom stereocenters. The number of carbonyl (C=O) groups is 1. The van der Waals surface area contributed by atoms with Crippen LogP contribution in [-0.4, -0.2) is 46.7 Å². The summed E-state index contributed by atoms with van der Waals surface area (Å²) in [6.07, 6.45) is 2.52. The Morgan fingerprint density at radius 3 is 3.05 bits per heavy atom. The van der Waals surface area contributed by atoms with Crippen molar-refractivity contribution in [3.8, 4) is 0 Å². The van der Waals surface area contributed by atoms with Gasteiger partial charge in [-0.05, 0) is 45.0 Å². The van der Waals surface area contributed by atoms with Gasteiger partial charge in [0.2, 0.25) is 0 Å². The largest absolute Gasteiger partial charge is 0.399 e. The predicted octanol–water partition coefficient (Wildman–Crippen LogP) is 1.36. The van der Waals surface area contributed by atoms with Gasteiger partial charge >= 0.3 is 0 Å². The Bertz CT molecular complexity index is 661. The Hall–Kier alpha value is -2.08. The average Bonchev–Trinajstić information content (AvgIpc) is 3.24. The third kappa shape index (κ3) is 2.85. The van der Waals surface area contributed by atoms with Crippen LogP contribution in [0.1, 0.15) is 30.3 Å². The van der Waals surface area contributed by atoms with E-state index in [-0.39, 0.29) is 5.91 Å². The highest BCUT2D eigenvalue weighted by molar-refractivity contribution is 6.05.